The zero-order chi connectivity index (χ0) is 20.5. The summed E-state index contributed by atoms with van der Waals surface area (Å²) in [6.45, 7) is 0.310. The minimum absolute atomic E-state index is 0.172. The molecular formula is C20H12Cl2F2N4O. The number of fused-ring (bicyclic) bond motifs is 1. The molecule has 2 aromatic carbocycles. The van der Waals surface area contributed by atoms with E-state index in [1.165, 1.54) is 0 Å². The van der Waals surface area contributed by atoms with Crippen molar-refractivity contribution in [2.24, 2.45) is 0 Å². The van der Waals surface area contributed by atoms with Crippen LogP contribution in [-0.2, 0) is 6.54 Å². The highest BCUT2D eigenvalue weighted by atomic mass is 35.5. The van der Waals surface area contributed by atoms with Gasteiger partial charge < -0.3 is 5.32 Å². The van der Waals surface area contributed by atoms with Crippen LogP contribution in [0.4, 0.5) is 14.6 Å². The first kappa shape index (κ1) is 19.3. The molecule has 0 fully saturated rings. The van der Waals surface area contributed by atoms with Crippen molar-refractivity contribution in [1.82, 2.24) is 14.8 Å². The maximum absolute atomic E-state index is 13.9. The number of nitrogens with one attached hydrogen (secondary N) is 1. The standard InChI is InChI=1S/C20H12Cl2F2N4O/c21-12-6-5-11(14(22)7-12)10-28-17-4-2-1-3-13(17)19(27-28)26-20(29)18-15(23)8-25-9-16(18)24/h1-9H,10H2,(H,26,27,29). The lowest BCUT2D eigenvalue weighted by Crippen LogP contribution is -2.17. The number of benzene rings is 2. The molecule has 2 heterocycles. The van der Waals surface area contributed by atoms with Crippen molar-refractivity contribution >= 4 is 45.8 Å². The van der Waals surface area contributed by atoms with E-state index >= 15 is 0 Å². The van der Waals surface area contributed by atoms with Gasteiger partial charge in [-0.05, 0) is 29.8 Å². The minimum Gasteiger partial charge on any atom is -0.304 e. The highest BCUT2D eigenvalue weighted by Crippen LogP contribution is 2.27. The Bertz CT molecular complexity index is 1220. The summed E-state index contributed by atoms with van der Waals surface area (Å²) in [4.78, 5) is 15.8. The quantitative estimate of drug-likeness (QED) is 0.474. The first-order valence-corrected chi connectivity index (χ1v) is 9.19. The zero-order valence-corrected chi connectivity index (χ0v) is 16.2. The average Bonchev–Trinajstić information content (AvgIpc) is 3.01. The van der Waals surface area contributed by atoms with Gasteiger partial charge in [-0.15, -0.1) is 0 Å². The summed E-state index contributed by atoms with van der Waals surface area (Å²) in [6, 6.07) is 12.3. The molecule has 0 spiro atoms. The van der Waals surface area contributed by atoms with Crippen molar-refractivity contribution < 1.29 is 13.6 Å². The molecule has 0 bridgehead atoms. The van der Waals surface area contributed by atoms with Gasteiger partial charge in [-0.2, -0.15) is 5.10 Å². The van der Waals surface area contributed by atoms with Crippen molar-refractivity contribution in [2.45, 2.75) is 6.54 Å². The maximum Gasteiger partial charge on any atom is 0.262 e. The summed E-state index contributed by atoms with van der Waals surface area (Å²) in [7, 11) is 0. The first-order valence-electron chi connectivity index (χ1n) is 8.44. The van der Waals surface area contributed by atoms with E-state index < -0.39 is 23.1 Å². The monoisotopic (exact) mass is 432 g/mol. The number of amides is 1. The summed E-state index contributed by atoms with van der Waals surface area (Å²) in [5.74, 6) is -2.90. The van der Waals surface area contributed by atoms with Gasteiger partial charge in [-0.3, -0.25) is 14.5 Å². The van der Waals surface area contributed by atoms with Crippen molar-refractivity contribution in [3.05, 3.63) is 87.7 Å². The second-order valence-corrected chi connectivity index (χ2v) is 7.04. The Morgan fingerprint density at radius 1 is 1.07 bits per heavy atom. The predicted molar refractivity (Wildman–Crippen MR) is 107 cm³/mol. The molecular weight excluding hydrogens is 421 g/mol. The molecule has 0 saturated carbocycles. The van der Waals surface area contributed by atoms with Gasteiger partial charge in [0.25, 0.3) is 5.91 Å². The summed E-state index contributed by atoms with van der Waals surface area (Å²) in [6.07, 6.45) is 1.55. The van der Waals surface area contributed by atoms with Crippen LogP contribution in [0.3, 0.4) is 0 Å². The van der Waals surface area contributed by atoms with E-state index in [1.807, 2.05) is 12.1 Å². The highest BCUT2D eigenvalue weighted by molar-refractivity contribution is 6.35. The Labute approximate surface area is 173 Å². The topological polar surface area (TPSA) is 59.8 Å². The van der Waals surface area contributed by atoms with Gasteiger partial charge in [0.05, 0.1) is 24.5 Å². The lowest BCUT2D eigenvalue weighted by Gasteiger charge is -2.06. The molecule has 1 N–H and O–H groups in total. The molecule has 29 heavy (non-hydrogen) atoms. The van der Waals surface area contributed by atoms with E-state index in [4.69, 9.17) is 23.2 Å². The third kappa shape index (κ3) is 3.79. The number of para-hydroxylation sites is 1. The molecule has 0 aliphatic heterocycles. The molecule has 0 unspecified atom stereocenters. The van der Waals surface area contributed by atoms with Crippen LogP contribution in [0.2, 0.25) is 10.0 Å². The Kier molecular flexibility index (Phi) is 5.17. The lowest BCUT2D eigenvalue weighted by atomic mass is 10.2. The number of aromatic nitrogens is 3. The number of carbonyl (C=O) groups is 1. The number of hydrogen-bond donors (Lipinski definition) is 1. The molecule has 1 amide bonds. The summed E-state index contributed by atoms with van der Waals surface area (Å²) >= 11 is 12.2. The smallest absolute Gasteiger partial charge is 0.262 e. The predicted octanol–water partition coefficient (Wildman–Crippen LogP) is 5.32. The number of rotatable bonds is 4. The molecule has 0 aliphatic carbocycles. The van der Waals surface area contributed by atoms with Crippen LogP contribution in [-0.4, -0.2) is 20.7 Å². The fourth-order valence-corrected chi connectivity index (χ4v) is 3.42. The van der Waals surface area contributed by atoms with Gasteiger partial charge in [0.1, 0.15) is 5.56 Å². The SMILES string of the molecule is O=C(Nc1nn(Cc2ccc(Cl)cc2Cl)c2ccccc12)c1c(F)cncc1F. The fraction of sp³-hybridized carbons (Fsp3) is 0.0500. The largest absolute Gasteiger partial charge is 0.304 e. The normalized spacial score (nSPS) is 11.0. The van der Waals surface area contributed by atoms with Crippen LogP contribution in [0.1, 0.15) is 15.9 Å². The minimum atomic E-state index is -1.06. The van der Waals surface area contributed by atoms with Crippen molar-refractivity contribution in [1.29, 1.82) is 0 Å². The number of anilines is 1. The molecule has 5 nitrogen and oxygen atoms in total. The molecule has 0 saturated heterocycles. The van der Waals surface area contributed by atoms with Crippen LogP contribution in [0.15, 0.2) is 54.9 Å². The second-order valence-electron chi connectivity index (χ2n) is 6.19. The fourth-order valence-electron chi connectivity index (χ4n) is 2.95. The third-order valence-electron chi connectivity index (χ3n) is 4.31. The van der Waals surface area contributed by atoms with Crippen LogP contribution < -0.4 is 5.32 Å². The van der Waals surface area contributed by atoms with Crippen molar-refractivity contribution in [3.8, 4) is 0 Å². The second kappa shape index (κ2) is 7.77. The van der Waals surface area contributed by atoms with Gasteiger partial charge in [0.15, 0.2) is 17.5 Å². The van der Waals surface area contributed by atoms with Crippen LogP contribution in [0.25, 0.3) is 10.9 Å². The van der Waals surface area contributed by atoms with Gasteiger partial charge in [0.2, 0.25) is 0 Å². The molecule has 146 valence electrons. The Hall–Kier alpha value is -3.03. The van der Waals surface area contributed by atoms with Crippen LogP contribution in [0.5, 0.6) is 0 Å². The third-order valence-corrected chi connectivity index (χ3v) is 4.89. The van der Waals surface area contributed by atoms with E-state index in [9.17, 15) is 13.6 Å². The Morgan fingerprint density at radius 3 is 2.52 bits per heavy atom. The number of nitrogens with zero attached hydrogens (tertiary/aromatic N) is 3. The number of carbonyl (C=O) groups excluding carboxylic acids is 1. The van der Waals surface area contributed by atoms with E-state index in [-0.39, 0.29) is 5.82 Å². The van der Waals surface area contributed by atoms with Gasteiger partial charge >= 0.3 is 0 Å². The zero-order valence-electron chi connectivity index (χ0n) is 14.7. The van der Waals surface area contributed by atoms with Crippen LogP contribution >= 0.6 is 23.2 Å². The van der Waals surface area contributed by atoms with E-state index in [0.29, 0.717) is 27.5 Å². The molecule has 0 atom stereocenters. The van der Waals surface area contributed by atoms with E-state index in [2.05, 4.69) is 15.4 Å². The highest BCUT2D eigenvalue weighted by Gasteiger charge is 2.20. The van der Waals surface area contributed by atoms with Crippen molar-refractivity contribution in [2.75, 3.05) is 5.32 Å². The first-order chi connectivity index (χ1) is 13.9. The molecule has 0 aliphatic rings. The molecule has 4 aromatic rings. The van der Waals surface area contributed by atoms with Crippen molar-refractivity contribution in [3.63, 3.8) is 0 Å². The number of halogens is 4. The average molecular weight is 433 g/mol. The van der Waals surface area contributed by atoms with E-state index in [0.717, 1.165) is 18.0 Å². The van der Waals surface area contributed by atoms with Gasteiger partial charge in [-0.1, -0.05) is 41.4 Å². The molecule has 9 heteroatoms. The molecule has 2 aromatic heterocycles. The number of pyridine rings is 1. The number of hydrogen-bond acceptors (Lipinski definition) is 3. The molecule has 0 radical (unpaired) electrons. The van der Waals surface area contributed by atoms with Gasteiger partial charge in [0, 0.05) is 15.4 Å². The molecule has 4 rings (SSSR count). The summed E-state index contributed by atoms with van der Waals surface area (Å²) in [5.41, 5.74) is 0.761. The Balaban J connectivity index is 1.72. The summed E-state index contributed by atoms with van der Waals surface area (Å²) in [5, 5.41) is 8.49. The maximum atomic E-state index is 13.9. The lowest BCUT2D eigenvalue weighted by molar-refractivity contribution is 0.101. The Morgan fingerprint density at radius 2 is 1.79 bits per heavy atom. The van der Waals surface area contributed by atoms with Gasteiger partial charge in [-0.25, -0.2) is 8.78 Å². The van der Waals surface area contributed by atoms with E-state index in [1.54, 1.807) is 35.0 Å². The summed E-state index contributed by atoms with van der Waals surface area (Å²) < 4.78 is 29.4. The van der Waals surface area contributed by atoms with Crippen LogP contribution in [0, 0.1) is 11.6 Å².